The van der Waals surface area contributed by atoms with E-state index in [1.165, 1.54) is 16.7 Å². The first kappa shape index (κ1) is 59.3. The van der Waals surface area contributed by atoms with Crippen LogP contribution in [0.3, 0.4) is 0 Å². The van der Waals surface area contributed by atoms with Gasteiger partial charge in [-0.3, -0.25) is 14.6 Å². The van der Waals surface area contributed by atoms with Gasteiger partial charge in [0.2, 0.25) is 5.78 Å². The molecule has 2 aromatic carbocycles. The van der Waals surface area contributed by atoms with E-state index in [-0.39, 0.29) is 70.8 Å². The van der Waals surface area contributed by atoms with Crippen LogP contribution in [0.5, 0.6) is 5.75 Å². The molecule has 16 unspecified atom stereocenters. The van der Waals surface area contributed by atoms with Crippen molar-refractivity contribution in [3.63, 3.8) is 0 Å². The molecule has 16 heteroatoms. The Balaban J connectivity index is 0.929. The number of aliphatic imine (C=N–C) groups is 1. The molecule has 4 fully saturated rings. The number of nitrogens with two attached hydrogens (primary N) is 1. The molecule has 468 valence electrons. The molecule has 1 spiro atoms. The van der Waals surface area contributed by atoms with Crippen molar-refractivity contribution in [2.45, 2.75) is 189 Å². The van der Waals surface area contributed by atoms with Crippen molar-refractivity contribution in [2.75, 3.05) is 33.7 Å². The number of ether oxygens (including phenoxy) is 2. The SMILES string of the molecule is CCNC12C=C3C=CCC4CCCCC5(C)CC6=CNC(N)C(=C6)C(c6cccc(O)c6)CC6CC(O)CC(C6C1)C(OC(=O)C16OC1(CC=C(C)CC1(C7=CCNC8=C7CCC(NC)N8)CCCNC(=NC)N1)C(=O)c1cccc(c1C6=O)C5)C2CC34. The predicted octanol–water partition coefficient (Wildman–Crippen LogP) is 8.58. The minimum Gasteiger partial charge on any atom is -0.508 e. The number of dihydropyridines is 2. The molecule has 88 heavy (non-hydrogen) atoms. The number of carbonyl (C=O) groups excluding carboxylic acids is 3. The summed E-state index contributed by atoms with van der Waals surface area (Å²) in [6, 6.07) is 13.2. The summed E-state index contributed by atoms with van der Waals surface area (Å²) in [7, 11) is 3.79. The van der Waals surface area contributed by atoms with Gasteiger partial charge >= 0.3 is 5.97 Å². The van der Waals surface area contributed by atoms with Gasteiger partial charge in [0.05, 0.1) is 24.0 Å². The van der Waals surface area contributed by atoms with Crippen molar-refractivity contribution in [1.29, 1.82) is 0 Å². The maximum Gasteiger partial charge on any atom is 0.350 e. The van der Waals surface area contributed by atoms with Crippen molar-refractivity contribution in [2.24, 2.45) is 51.6 Å². The van der Waals surface area contributed by atoms with Crippen LogP contribution in [0.2, 0.25) is 0 Å². The molecule has 14 rings (SSSR count). The lowest BCUT2D eigenvalue weighted by molar-refractivity contribution is -0.180. The summed E-state index contributed by atoms with van der Waals surface area (Å²) in [6.45, 7) is 8.66. The largest absolute Gasteiger partial charge is 0.508 e. The van der Waals surface area contributed by atoms with Gasteiger partial charge in [-0.2, -0.15) is 0 Å². The van der Waals surface area contributed by atoms with Gasteiger partial charge in [0.1, 0.15) is 17.7 Å². The number of hydrogen-bond acceptors (Lipinski definition) is 14. The zero-order valence-electron chi connectivity index (χ0n) is 52.2. The molecular weight excluding hydrogens is 1100 g/mol. The number of fused-ring (bicyclic) bond motifs is 3. The van der Waals surface area contributed by atoms with E-state index in [1.54, 1.807) is 19.2 Å². The molecular formula is C72H93N9O7. The third kappa shape index (κ3) is 9.95. The summed E-state index contributed by atoms with van der Waals surface area (Å²) in [4.78, 5) is 54.1. The molecule has 16 atom stereocenters. The summed E-state index contributed by atoms with van der Waals surface area (Å²) < 4.78 is 14.5. The number of ketones is 2. The smallest absolute Gasteiger partial charge is 0.350 e. The lowest BCUT2D eigenvalue weighted by atomic mass is 9.50. The molecule has 5 aliphatic carbocycles. The number of phenols is 1. The molecule has 12 aliphatic rings. The maximum absolute atomic E-state index is 16.7. The van der Waals surface area contributed by atoms with Gasteiger partial charge in [0.15, 0.2) is 17.3 Å². The van der Waals surface area contributed by atoms with Gasteiger partial charge in [-0.15, -0.1) is 0 Å². The summed E-state index contributed by atoms with van der Waals surface area (Å²) in [5.41, 5.74) is 10.6. The van der Waals surface area contributed by atoms with Crippen LogP contribution in [0.1, 0.15) is 168 Å². The highest BCUT2D eigenvalue weighted by atomic mass is 16.7. The van der Waals surface area contributed by atoms with Crippen molar-refractivity contribution in [1.82, 2.24) is 37.2 Å². The number of rotatable bonds is 9. The Labute approximate surface area is 519 Å². The van der Waals surface area contributed by atoms with Crippen LogP contribution in [-0.4, -0.2) is 114 Å². The molecule has 0 radical (unpaired) electrons. The summed E-state index contributed by atoms with van der Waals surface area (Å²) >= 11 is 0. The Morgan fingerprint density at radius 3 is 2.67 bits per heavy atom. The Morgan fingerprint density at radius 2 is 1.84 bits per heavy atom. The van der Waals surface area contributed by atoms with Gasteiger partial charge < -0.3 is 62.6 Å². The molecule has 16 nitrogen and oxygen atoms in total. The molecule has 7 aliphatic heterocycles. The van der Waals surface area contributed by atoms with E-state index in [0.717, 1.165) is 117 Å². The number of aromatic hydroxyl groups is 1. The molecule has 7 heterocycles. The normalized spacial score (nSPS) is 39.7. The number of allylic oxidation sites excluding steroid dienone is 5. The topological polar surface area (TPSA) is 236 Å². The molecule has 2 saturated heterocycles. The first-order valence-corrected chi connectivity index (χ1v) is 33.4. The molecule has 11 bridgehead atoms. The number of aliphatic hydroxyl groups is 1. The number of nitrogens with zero attached hydrogens (tertiary/aromatic N) is 1. The second-order valence-electron chi connectivity index (χ2n) is 28.9. The van der Waals surface area contributed by atoms with E-state index in [9.17, 15) is 10.2 Å². The minimum atomic E-state index is -2.25. The molecule has 11 N–H and O–H groups in total. The Hall–Kier alpha value is -6.30. The highest BCUT2D eigenvalue weighted by Crippen LogP contribution is 2.63. The van der Waals surface area contributed by atoms with Crippen LogP contribution >= 0.6 is 0 Å². The van der Waals surface area contributed by atoms with Crippen LogP contribution in [-0.2, 0) is 20.7 Å². The van der Waals surface area contributed by atoms with Crippen LogP contribution in [0, 0.1) is 40.9 Å². The number of nitrogens with one attached hydrogen (secondary N) is 7. The summed E-state index contributed by atoms with van der Waals surface area (Å²) in [5, 5.41) is 49.5. The van der Waals surface area contributed by atoms with Gasteiger partial charge in [0, 0.05) is 67.2 Å². The number of hydrogen-bond donors (Lipinski definition) is 10. The molecule has 2 aromatic rings. The molecule has 0 aromatic heterocycles. The first-order valence-electron chi connectivity index (χ1n) is 33.4. The highest BCUT2D eigenvalue weighted by molar-refractivity contribution is 6.33. The lowest BCUT2D eigenvalue weighted by Gasteiger charge is -2.60. The zero-order chi connectivity index (χ0) is 60.9. The third-order valence-electron chi connectivity index (χ3n) is 23.5. The van der Waals surface area contributed by atoms with Gasteiger partial charge in [-0.1, -0.05) is 99.1 Å². The number of likely N-dealkylation sites (N-methyl/N-ethyl adjacent to an activating group) is 1. The minimum absolute atomic E-state index is 0.0122. The number of esters is 1. The van der Waals surface area contributed by atoms with Crippen molar-refractivity contribution in [3.8, 4) is 5.75 Å². The van der Waals surface area contributed by atoms with E-state index in [2.05, 4.69) is 112 Å². The number of epoxide rings is 1. The average molecular weight is 1200 g/mol. The van der Waals surface area contributed by atoms with Crippen molar-refractivity contribution in [3.05, 3.63) is 147 Å². The summed E-state index contributed by atoms with van der Waals surface area (Å²) in [5.74, 6) is 0.0221. The monoisotopic (exact) mass is 1200 g/mol. The second kappa shape index (κ2) is 22.9. The second-order valence-corrected chi connectivity index (χ2v) is 28.9. The Bertz CT molecular complexity index is 3430. The average Bonchev–Trinajstić information content (AvgIpc) is 1.47. The van der Waals surface area contributed by atoms with Gasteiger partial charge in [-0.05, 0) is 197 Å². The van der Waals surface area contributed by atoms with Crippen LogP contribution in [0.15, 0.2) is 129 Å². The number of guanidine groups is 1. The van der Waals surface area contributed by atoms with E-state index in [1.807, 2.05) is 31.3 Å². The zero-order valence-corrected chi connectivity index (χ0v) is 52.2. The van der Waals surface area contributed by atoms with Crippen molar-refractivity contribution >= 4 is 23.5 Å². The number of Topliss-reactive ketones (excluding diaryl/α,β-unsaturated/α-hetero) is 2. The van der Waals surface area contributed by atoms with Crippen LogP contribution in [0.25, 0.3) is 0 Å². The number of aliphatic hydroxyl groups excluding tert-OH is 1. The summed E-state index contributed by atoms with van der Waals surface area (Å²) in [6.07, 6.45) is 27.3. The van der Waals surface area contributed by atoms with Crippen LogP contribution in [0.4, 0.5) is 0 Å². The number of benzene rings is 2. The molecule has 2 saturated carbocycles. The van der Waals surface area contributed by atoms with E-state index in [0.29, 0.717) is 57.5 Å². The van der Waals surface area contributed by atoms with Gasteiger partial charge in [-0.25, -0.2) is 4.79 Å². The number of carbonyl (C=O) groups is 3. The lowest BCUT2D eigenvalue weighted by Crippen LogP contribution is -2.66. The van der Waals surface area contributed by atoms with Crippen molar-refractivity contribution < 1.29 is 34.1 Å². The first-order chi connectivity index (χ1) is 42.5. The van der Waals surface area contributed by atoms with Gasteiger partial charge in [0.25, 0.3) is 5.60 Å². The van der Waals surface area contributed by atoms with E-state index < -0.39 is 57.8 Å². The van der Waals surface area contributed by atoms with Crippen LogP contribution < -0.4 is 43.0 Å². The standard InChI is InChI=1S/C72H93N9O7/c1-6-79-70-38-45-16-9-14-43-13-7-8-24-68(3)36-42-29-55(64(73)78-40-42)53(44-15-10-18-48(82)30-44)32-47-31-49(83)33-54(56(47)39-70)61(58(70)34-52(43)45)87-66(86)72-63(85)60-46(37-68)17-11-19-51(60)62(84)71(72,88-72)26-22-41(2)35-69(25-12-27-77-67(75-5)81-69)57-23-28-76-65-50(57)20-21-59(74-4)80-65/h9-11,15-19,22-23,29-30,38,40,43,47,49,52-54,56,58-59,61,64,74,76,78-80,82-83H,6-8,12-14,20-21,24-28,31-37,39,73H2,1-5H3,(H2,75,77,81). The fraction of sp³-hybridized carbons (Fsp3) is 0.583. The predicted molar refractivity (Wildman–Crippen MR) is 341 cm³/mol. The quantitative estimate of drug-likeness (QED) is 0.0490. The number of phenolic OH excluding ortho intramolecular Hbond substituents is 1. The third-order valence-corrected chi connectivity index (χ3v) is 23.5. The highest BCUT2D eigenvalue weighted by Gasteiger charge is 2.86. The van der Waals surface area contributed by atoms with E-state index in [4.69, 9.17) is 15.2 Å². The molecule has 0 amide bonds. The maximum atomic E-state index is 16.7. The fourth-order valence-corrected chi connectivity index (χ4v) is 19.5. The fourth-order valence-electron chi connectivity index (χ4n) is 19.5. The van der Waals surface area contributed by atoms with E-state index >= 15 is 14.4 Å². The Morgan fingerprint density at radius 1 is 0.977 bits per heavy atom. The Kier molecular flexibility index (Phi) is 15.4.